The molecular formula is C41H54N10O8S2. The SMILES string of the molecule is CCC(c1n[nH]c(=O)o1)N(c1ccc(C)c(C)c1)S(=O)(=O)N1CCC(C)(C#N)CC1.CCc1ccc2c(c1C)C(C)C(c1n[nH]c(=O)o1)N2S(=O)(=O)N1CCC(C)(C#N)CC1. The molecule has 2 aromatic heterocycles. The smallest absolute Gasteiger partial charge is 0.390 e. The lowest BCUT2D eigenvalue weighted by molar-refractivity contribution is 0.230. The van der Waals surface area contributed by atoms with E-state index >= 15 is 0 Å². The molecule has 0 bridgehead atoms. The Morgan fingerprint density at radius 2 is 1.43 bits per heavy atom. The molecule has 0 radical (unpaired) electrons. The van der Waals surface area contributed by atoms with Gasteiger partial charge >= 0.3 is 31.9 Å². The Morgan fingerprint density at radius 3 is 1.92 bits per heavy atom. The third-order valence-electron chi connectivity index (χ3n) is 12.6. The number of rotatable bonds is 10. The second-order valence-corrected chi connectivity index (χ2v) is 20.3. The molecule has 0 saturated carbocycles. The van der Waals surface area contributed by atoms with Crippen molar-refractivity contribution in [2.24, 2.45) is 10.8 Å². The Morgan fingerprint density at radius 1 is 0.852 bits per heavy atom. The Bertz CT molecular complexity index is 2680. The minimum absolute atomic E-state index is 0.0168. The van der Waals surface area contributed by atoms with Gasteiger partial charge in [0.05, 0.1) is 34.3 Å². The molecule has 2 fully saturated rings. The van der Waals surface area contributed by atoms with E-state index in [2.05, 4.69) is 39.5 Å². The van der Waals surface area contributed by atoms with Crippen LogP contribution in [0.4, 0.5) is 11.4 Å². The van der Waals surface area contributed by atoms with Crippen LogP contribution in [-0.4, -0.2) is 72.0 Å². The average Bonchev–Trinajstić information content (AvgIpc) is 3.95. The first kappa shape index (κ1) is 45.3. The summed E-state index contributed by atoms with van der Waals surface area (Å²) in [6.07, 6.45) is 3.03. The van der Waals surface area contributed by atoms with Gasteiger partial charge in [-0.25, -0.2) is 28.4 Å². The van der Waals surface area contributed by atoms with Gasteiger partial charge in [-0.3, -0.25) is 0 Å². The second-order valence-electron chi connectivity index (χ2n) is 16.7. The predicted molar refractivity (Wildman–Crippen MR) is 227 cm³/mol. The van der Waals surface area contributed by atoms with Gasteiger partial charge in [-0.05, 0) is 119 Å². The molecule has 18 nitrogen and oxygen atoms in total. The lowest BCUT2D eigenvalue weighted by atomic mass is 9.83. The van der Waals surface area contributed by atoms with Crippen LogP contribution in [0, 0.1) is 54.3 Å². The zero-order valence-corrected chi connectivity index (χ0v) is 37.5. The number of piperidine rings is 2. The molecule has 61 heavy (non-hydrogen) atoms. The largest absolute Gasteiger partial charge is 0.434 e. The van der Waals surface area contributed by atoms with Gasteiger partial charge in [0.25, 0.3) is 0 Å². The van der Waals surface area contributed by atoms with Crippen LogP contribution < -0.4 is 20.1 Å². The van der Waals surface area contributed by atoms with Crippen molar-refractivity contribution in [1.29, 1.82) is 10.5 Å². The number of benzene rings is 2. The summed E-state index contributed by atoms with van der Waals surface area (Å²) in [6, 6.07) is 12.2. The number of aryl methyl sites for hydroxylation is 3. The molecule has 2 saturated heterocycles. The Balaban J connectivity index is 0.000000204. The van der Waals surface area contributed by atoms with Gasteiger partial charge in [0, 0.05) is 32.1 Å². The standard InChI is InChI=1S/C21H27N5O4S.C20H27N5O4S/c1-5-15-6-7-16-17(13(15)2)14(3)18(19-23-24-20(27)30-19)26(16)31(28,29)25-10-8-21(4,12-22)9-11-25;1-5-17(18-22-23-19(26)29-18)25(16-7-6-14(2)15(3)12-16)30(27,28)24-10-8-20(4,13-21)9-11-24/h6-7,14,18H,5,8-11H2,1-4H3,(H,24,27);6-7,12,17H,5,8-11H2,1-4H3,(H,23,26). The maximum Gasteiger partial charge on any atom is 0.434 e. The highest BCUT2D eigenvalue weighted by Crippen LogP contribution is 2.52. The average molecular weight is 879 g/mol. The third-order valence-corrected chi connectivity index (χ3v) is 16.5. The summed E-state index contributed by atoms with van der Waals surface area (Å²) < 4.78 is 71.1. The van der Waals surface area contributed by atoms with Crippen molar-refractivity contribution in [3.8, 4) is 12.1 Å². The molecule has 328 valence electrons. The fraction of sp³-hybridized carbons (Fsp3) is 0.561. The second kappa shape index (κ2) is 17.2. The van der Waals surface area contributed by atoms with Crippen LogP contribution in [0.25, 0.3) is 0 Å². The van der Waals surface area contributed by atoms with Gasteiger partial charge in [-0.15, -0.1) is 10.2 Å². The zero-order valence-electron chi connectivity index (χ0n) is 35.9. The molecule has 3 atom stereocenters. The van der Waals surface area contributed by atoms with Crippen LogP contribution in [0.1, 0.15) is 124 Å². The number of fused-ring (bicyclic) bond motifs is 1. The van der Waals surface area contributed by atoms with Gasteiger partial charge in [0.2, 0.25) is 11.8 Å². The van der Waals surface area contributed by atoms with E-state index in [1.807, 2.05) is 72.7 Å². The number of H-pyrrole nitrogens is 2. The number of nitrogens with one attached hydrogen (secondary N) is 2. The van der Waals surface area contributed by atoms with Crippen molar-refractivity contribution in [2.75, 3.05) is 34.8 Å². The van der Waals surface area contributed by atoms with E-state index < -0.39 is 54.8 Å². The van der Waals surface area contributed by atoms with Crippen molar-refractivity contribution < 1.29 is 25.7 Å². The van der Waals surface area contributed by atoms with E-state index in [1.165, 1.54) is 17.2 Å². The third kappa shape index (κ3) is 8.63. The highest BCUT2D eigenvalue weighted by atomic mass is 32.2. The molecule has 2 N–H and O–H groups in total. The van der Waals surface area contributed by atoms with Crippen molar-refractivity contribution >= 4 is 31.8 Å². The number of nitrogens with zero attached hydrogens (tertiary/aromatic N) is 8. The summed E-state index contributed by atoms with van der Waals surface area (Å²) in [6.45, 7) is 16.4. The Labute approximate surface area is 356 Å². The van der Waals surface area contributed by atoms with Crippen LogP contribution in [-0.2, 0) is 26.8 Å². The summed E-state index contributed by atoms with van der Waals surface area (Å²) in [4.78, 5) is 23.2. The van der Waals surface area contributed by atoms with E-state index in [-0.39, 0.29) is 43.9 Å². The predicted octanol–water partition coefficient (Wildman–Crippen LogP) is 5.58. The number of aromatic amines is 2. The van der Waals surface area contributed by atoms with E-state index in [1.54, 1.807) is 6.07 Å². The minimum Gasteiger partial charge on any atom is -0.390 e. The van der Waals surface area contributed by atoms with E-state index in [0.717, 1.165) is 34.2 Å². The molecule has 3 unspecified atom stereocenters. The molecule has 7 rings (SSSR count). The summed E-state index contributed by atoms with van der Waals surface area (Å²) in [5.74, 6) is -1.64. The van der Waals surface area contributed by atoms with Gasteiger partial charge in [-0.1, -0.05) is 32.9 Å². The Kier molecular flexibility index (Phi) is 12.8. The van der Waals surface area contributed by atoms with Crippen molar-refractivity contribution in [3.63, 3.8) is 0 Å². The fourth-order valence-corrected chi connectivity index (χ4v) is 12.1. The van der Waals surface area contributed by atoms with E-state index in [0.29, 0.717) is 43.5 Å². The topological polar surface area (TPSA) is 247 Å². The lowest BCUT2D eigenvalue weighted by Gasteiger charge is -2.39. The lowest BCUT2D eigenvalue weighted by Crippen LogP contribution is -2.50. The number of aromatic nitrogens is 4. The van der Waals surface area contributed by atoms with Crippen molar-refractivity contribution in [3.05, 3.63) is 91.0 Å². The van der Waals surface area contributed by atoms with Crippen molar-refractivity contribution in [2.45, 2.75) is 112 Å². The first-order valence-electron chi connectivity index (χ1n) is 20.5. The molecule has 4 aromatic rings. The molecule has 0 amide bonds. The molecule has 20 heteroatoms. The highest BCUT2D eigenvalue weighted by Gasteiger charge is 2.50. The molecule has 0 spiro atoms. The van der Waals surface area contributed by atoms with E-state index in [9.17, 15) is 36.9 Å². The van der Waals surface area contributed by atoms with Gasteiger partial charge in [-0.2, -0.15) is 36.0 Å². The molecule has 3 aliphatic rings. The highest BCUT2D eigenvalue weighted by molar-refractivity contribution is 7.90. The number of anilines is 2. The maximum atomic E-state index is 13.9. The summed E-state index contributed by atoms with van der Waals surface area (Å²) in [5.41, 5.74) is 5.12. The summed E-state index contributed by atoms with van der Waals surface area (Å²) in [5, 5.41) is 31.1. The number of hydrogen-bond donors (Lipinski definition) is 2. The molecular weight excluding hydrogens is 825 g/mol. The molecule has 3 aliphatic heterocycles. The Hall–Kier alpha value is -5.28. The molecule has 0 aliphatic carbocycles. The summed E-state index contributed by atoms with van der Waals surface area (Å²) in [7, 11) is -7.92. The van der Waals surface area contributed by atoms with E-state index in [4.69, 9.17) is 8.83 Å². The van der Waals surface area contributed by atoms with Crippen LogP contribution in [0.2, 0.25) is 0 Å². The van der Waals surface area contributed by atoms with Crippen LogP contribution in [0.5, 0.6) is 0 Å². The normalized spacial score (nSPS) is 20.8. The molecule has 2 aromatic carbocycles. The zero-order chi connectivity index (χ0) is 44.7. The first-order chi connectivity index (χ1) is 28.7. The molecule has 5 heterocycles. The number of hydrogen-bond acceptors (Lipinski definition) is 12. The number of nitriles is 2. The van der Waals surface area contributed by atoms with Crippen LogP contribution >= 0.6 is 0 Å². The monoisotopic (exact) mass is 878 g/mol. The van der Waals surface area contributed by atoms with Crippen LogP contribution in [0.15, 0.2) is 48.8 Å². The minimum atomic E-state index is -3.97. The van der Waals surface area contributed by atoms with Crippen molar-refractivity contribution in [1.82, 2.24) is 29.0 Å². The fourth-order valence-electron chi connectivity index (χ4n) is 8.42. The quantitative estimate of drug-likeness (QED) is 0.198. The maximum absolute atomic E-state index is 13.9. The van der Waals surface area contributed by atoms with Gasteiger partial charge < -0.3 is 8.83 Å². The first-order valence-corrected chi connectivity index (χ1v) is 23.3. The van der Waals surface area contributed by atoms with Gasteiger partial charge in [0.15, 0.2) is 0 Å². The van der Waals surface area contributed by atoms with Gasteiger partial charge in [0.1, 0.15) is 12.1 Å². The van der Waals surface area contributed by atoms with Crippen LogP contribution in [0.3, 0.4) is 0 Å². The summed E-state index contributed by atoms with van der Waals surface area (Å²) >= 11 is 0.